The van der Waals surface area contributed by atoms with Crippen LogP contribution in [-0.2, 0) is 26.0 Å². The molecule has 0 aliphatic carbocycles. The van der Waals surface area contributed by atoms with Gasteiger partial charge in [0, 0.05) is 32.6 Å². The molecule has 2 aromatic carbocycles. The van der Waals surface area contributed by atoms with E-state index in [2.05, 4.69) is 10.2 Å². The van der Waals surface area contributed by atoms with E-state index in [9.17, 15) is 17.6 Å². The van der Waals surface area contributed by atoms with E-state index in [0.29, 0.717) is 38.4 Å². The number of rotatable bonds is 7. The molecule has 178 valence electrons. The third-order valence-corrected chi connectivity index (χ3v) is 8.01. The normalized spacial score (nSPS) is 17.7. The maximum absolute atomic E-state index is 13.9. The van der Waals surface area contributed by atoms with E-state index < -0.39 is 10.0 Å². The number of nitrogens with one attached hydrogen (secondary N) is 1. The predicted octanol–water partition coefficient (Wildman–Crippen LogP) is 3.41. The van der Waals surface area contributed by atoms with Gasteiger partial charge in [0.15, 0.2) is 0 Å². The fraction of sp³-hybridized carbons (Fsp3) is 0.458. The number of benzene rings is 2. The Morgan fingerprint density at radius 3 is 2.36 bits per heavy atom. The molecule has 9 heteroatoms. The molecule has 7 nitrogen and oxygen atoms in total. The van der Waals surface area contributed by atoms with E-state index in [-0.39, 0.29) is 23.0 Å². The Morgan fingerprint density at radius 1 is 0.970 bits per heavy atom. The van der Waals surface area contributed by atoms with Crippen LogP contribution in [0.1, 0.15) is 31.2 Å². The summed E-state index contributed by atoms with van der Waals surface area (Å²) in [5.74, 6) is -0.591. The number of piperidine rings is 1. The molecule has 0 aromatic heterocycles. The van der Waals surface area contributed by atoms with Gasteiger partial charge in [0.05, 0.1) is 29.5 Å². The Morgan fingerprint density at radius 2 is 1.67 bits per heavy atom. The summed E-state index contributed by atoms with van der Waals surface area (Å²) >= 11 is 0. The molecule has 2 heterocycles. The zero-order chi connectivity index (χ0) is 23.3. The molecule has 0 bridgehead atoms. The lowest BCUT2D eigenvalue weighted by molar-refractivity contribution is -0.116. The van der Waals surface area contributed by atoms with Crippen LogP contribution in [0.25, 0.3) is 0 Å². The second-order valence-electron chi connectivity index (χ2n) is 8.42. The number of amides is 1. The molecule has 0 unspecified atom stereocenters. The standard InChI is InChI=1S/C24H30FN3O4S/c25-20-7-10-23(27-12-2-1-3-13-27)22(18-20)26-24(29)11-6-19-4-8-21(9-5-19)33(30,31)28-14-16-32-17-15-28/h4-5,7-10,18H,1-3,6,11-17H2,(H,26,29). The van der Waals surface area contributed by atoms with Crippen molar-refractivity contribution in [1.29, 1.82) is 0 Å². The first-order valence-electron chi connectivity index (χ1n) is 11.4. The molecule has 0 saturated carbocycles. The Bertz CT molecular complexity index is 1060. The van der Waals surface area contributed by atoms with Crippen LogP contribution in [0.15, 0.2) is 47.4 Å². The third-order valence-electron chi connectivity index (χ3n) is 6.10. The van der Waals surface area contributed by atoms with Gasteiger partial charge in [-0.05, 0) is 61.6 Å². The second-order valence-corrected chi connectivity index (χ2v) is 10.4. The molecule has 0 atom stereocenters. The molecule has 1 amide bonds. The molecule has 2 aliphatic heterocycles. The Hall–Kier alpha value is -2.49. The van der Waals surface area contributed by atoms with Crippen molar-refractivity contribution in [3.8, 4) is 0 Å². The van der Waals surface area contributed by atoms with Crippen molar-refractivity contribution in [3.05, 3.63) is 53.8 Å². The van der Waals surface area contributed by atoms with E-state index in [0.717, 1.165) is 37.2 Å². The van der Waals surface area contributed by atoms with E-state index in [1.54, 1.807) is 30.3 Å². The largest absolute Gasteiger partial charge is 0.379 e. The number of carbonyl (C=O) groups excluding carboxylic acids is 1. The minimum Gasteiger partial charge on any atom is -0.379 e. The molecule has 0 radical (unpaired) electrons. The zero-order valence-electron chi connectivity index (χ0n) is 18.6. The highest BCUT2D eigenvalue weighted by atomic mass is 32.2. The summed E-state index contributed by atoms with van der Waals surface area (Å²) in [5, 5.41) is 2.86. The number of nitrogens with zero attached hydrogens (tertiary/aromatic N) is 2. The summed E-state index contributed by atoms with van der Waals surface area (Å²) in [6.07, 6.45) is 4.03. The Balaban J connectivity index is 1.36. The van der Waals surface area contributed by atoms with Gasteiger partial charge in [-0.3, -0.25) is 4.79 Å². The van der Waals surface area contributed by atoms with Crippen molar-refractivity contribution in [2.24, 2.45) is 0 Å². The number of halogens is 1. The second kappa shape index (κ2) is 10.6. The number of anilines is 2. The molecule has 2 aromatic rings. The minimum absolute atomic E-state index is 0.205. The van der Waals surface area contributed by atoms with Crippen LogP contribution in [0, 0.1) is 5.82 Å². The van der Waals surface area contributed by atoms with E-state index in [1.807, 2.05) is 0 Å². The fourth-order valence-electron chi connectivity index (χ4n) is 4.25. The maximum atomic E-state index is 13.9. The number of morpholine rings is 1. The highest BCUT2D eigenvalue weighted by Gasteiger charge is 2.26. The van der Waals surface area contributed by atoms with Gasteiger partial charge >= 0.3 is 0 Å². The number of ether oxygens (including phenoxy) is 1. The minimum atomic E-state index is -3.54. The topological polar surface area (TPSA) is 79.0 Å². The van der Waals surface area contributed by atoms with Crippen LogP contribution < -0.4 is 10.2 Å². The van der Waals surface area contributed by atoms with Gasteiger partial charge in [-0.15, -0.1) is 0 Å². The average molecular weight is 476 g/mol. The number of carbonyl (C=O) groups is 1. The smallest absolute Gasteiger partial charge is 0.243 e. The number of hydrogen-bond donors (Lipinski definition) is 1. The summed E-state index contributed by atoms with van der Waals surface area (Å²) in [5.41, 5.74) is 2.21. The lowest BCUT2D eigenvalue weighted by Crippen LogP contribution is -2.40. The van der Waals surface area contributed by atoms with Gasteiger partial charge in [-0.25, -0.2) is 12.8 Å². The van der Waals surface area contributed by atoms with Crippen LogP contribution in [0.5, 0.6) is 0 Å². The van der Waals surface area contributed by atoms with Crippen molar-refractivity contribution >= 4 is 27.3 Å². The first kappa shape index (κ1) is 23.7. The van der Waals surface area contributed by atoms with Gasteiger partial charge < -0.3 is 15.0 Å². The van der Waals surface area contributed by atoms with Crippen LogP contribution in [0.4, 0.5) is 15.8 Å². The van der Waals surface area contributed by atoms with E-state index >= 15 is 0 Å². The molecule has 33 heavy (non-hydrogen) atoms. The van der Waals surface area contributed by atoms with Crippen LogP contribution in [-0.4, -0.2) is 58.0 Å². The van der Waals surface area contributed by atoms with Crippen LogP contribution >= 0.6 is 0 Å². The van der Waals surface area contributed by atoms with Crippen molar-refractivity contribution in [2.75, 3.05) is 49.6 Å². The summed E-state index contributed by atoms with van der Waals surface area (Å²) in [7, 11) is -3.54. The third kappa shape index (κ3) is 5.90. The predicted molar refractivity (Wildman–Crippen MR) is 125 cm³/mol. The number of sulfonamides is 1. The van der Waals surface area contributed by atoms with E-state index in [4.69, 9.17) is 4.74 Å². The lowest BCUT2D eigenvalue weighted by Gasteiger charge is -2.30. The Labute approximate surface area is 194 Å². The van der Waals surface area contributed by atoms with Crippen molar-refractivity contribution in [1.82, 2.24) is 4.31 Å². The molecule has 2 aliphatic rings. The van der Waals surface area contributed by atoms with Crippen LogP contribution in [0.2, 0.25) is 0 Å². The lowest BCUT2D eigenvalue weighted by atomic mass is 10.1. The van der Waals surface area contributed by atoms with Crippen molar-refractivity contribution < 1.29 is 22.3 Å². The first-order valence-corrected chi connectivity index (χ1v) is 12.9. The number of hydrogen-bond acceptors (Lipinski definition) is 5. The fourth-order valence-corrected chi connectivity index (χ4v) is 5.66. The zero-order valence-corrected chi connectivity index (χ0v) is 19.4. The van der Waals surface area contributed by atoms with Gasteiger partial charge in [-0.2, -0.15) is 4.31 Å². The molecular formula is C24H30FN3O4S. The molecule has 2 fully saturated rings. The number of aryl methyl sites for hydroxylation is 1. The molecule has 2 saturated heterocycles. The summed E-state index contributed by atoms with van der Waals surface area (Å²) in [6.45, 7) is 3.30. The van der Waals surface area contributed by atoms with Gasteiger partial charge in [-0.1, -0.05) is 12.1 Å². The van der Waals surface area contributed by atoms with Gasteiger partial charge in [0.2, 0.25) is 15.9 Å². The molecule has 0 spiro atoms. The maximum Gasteiger partial charge on any atom is 0.243 e. The van der Waals surface area contributed by atoms with E-state index in [1.165, 1.54) is 22.9 Å². The summed E-state index contributed by atoms with van der Waals surface area (Å²) in [6, 6.07) is 11.2. The molecular weight excluding hydrogens is 445 g/mol. The average Bonchev–Trinajstić information content (AvgIpc) is 2.84. The summed E-state index contributed by atoms with van der Waals surface area (Å²) < 4.78 is 46.0. The summed E-state index contributed by atoms with van der Waals surface area (Å²) in [4.78, 5) is 15.0. The highest BCUT2D eigenvalue weighted by Crippen LogP contribution is 2.29. The Kier molecular flexibility index (Phi) is 7.62. The SMILES string of the molecule is O=C(CCc1ccc(S(=O)(=O)N2CCOCC2)cc1)Nc1cc(F)ccc1N1CCCCC1. The quantitative estimate of drug-likeness (QED) is 0.664. The van der Waals surface area contributed by atoms with Crippen molar-refractivity contribution in [2.45, 2.75) is 37.0 Å². The highest BCUT2D eigenvalue weighted by molar-refractivity contribution is 7.89. The van der Waals surface area contributed by atoms with Crippen LogP contribution in [0.3, 0.4) is 0 Å². The monoisotopic (exact) mass is 475 g/mol. The van der Waals surface area contributed by atoms with Gasteiger partial charge in [0.25, 0.3) is 0 Å². The molecule has 1 N–H and O–H groups in total. The first-order chi connectivity index (χ1) is 15.9. The van der Waals surface area contributed by atoms with Gasteiger partial charge in [0.1, 0.15) is 5.82 Å². The molecule has 4 rings (SSSR count). The van der Waals surface area contributed by atoms with Crippen molar-refractivity contribution in [3.63, 3.8) is 0 Å².